The summed E-state index contributed by atoms with van der Waals surface area (Å²) in [6.07, 6.45) is 0. The summed E-state index contributed by atoms with van der Waals surface area (Å²) in [7, 11) is 0. The van der Waals surface area contributed by atoms with Crippen molar-refractivity contribution in [2.75, 3.05) is 5.32 Å². The van der Waals surface area contributed by atoms with E-state index in [0.29, 0.717) is 23.4 Å². The fourth-order valence-corrected chi connectivity index (χ4v) is 2.82. The van der Waals surface area contributed by atoms with E-state index in [4.69, 9.17) is 16.7 Å². The van der Waals surface area contributed by atoms with Crippen LogP contribution in [0.15, 0.2) is 40.2 Å². The largest absolute Gasteiger partial charge is 0.353 e. The van der Waals surface area contributed by atoms with E-state index in [9.17, 15) is 0 Å². The van der Waals surface area contributed by atoms with Crippen LogP contribution in [0.2, 0.25) is 0 Å². The van der Waals surface area contributed by atoms with Crippen LogP contribution in [0.3, 0.4) is 0 Å². The van der Waals surface area contributed by atoms with Crippen molar-refractivity contribution in [2.24, 2.45) is 0 Å². The second kappa shape index (κ2) is 6.89. The number of hydrogen-bond donors (Lipinski definition) is 2. The van der Waals surface area contributed by atoms with Gasteiger partial charge in [0, 0.05) is 5.69 Å². The molecule has 2 heterocycles. The molecule has 118 valence electrons. The molecule has 0 aliphatic carbocycles. The molecular weight excluding hydrogens is 328 g/mol. The quantitative estimate of drug-likeness (QED) is 0.700. The lowest BCUT2D eigenvalue weighted by atomic mass is 10.1. The summed E-state index contributed by atoms with van der Waals surface area (Å²) in [4.78, 5) is 5.32. The fourth-order valence-electron chi connectivity index (χ4n) is 1.98. The Balaban J connectivity index is 1.55. The number of aryl methyl sites for hydroxylation is 2. The second-order valence-corrected chi connectivity index (χ2v) is 6.45. The first kappa shape index (κ1) is 15.6. The highest BCUT2D eigenvalue weighted by molar-refractivity contribution is 7.80. The molecule has 0 spiro atoms. The van der Waals surface area contributed by atoms with E-state index in [-0.39, 0.29) is 0 Å². The number of benzene rings is 1. The molecule has 0 saturated heterocycles. The highest BCUT2D eigenvalue weighted by atomic mass is 32.1. The van der Waals surface area contributed by atoms with Crippen LogP contribution in [0.4, 0.5) is 5.69 Å². The molecule has 2 N–H and O–H groups in total. The standard InChI is InChI=1S/C16H16N4OS2/c1-10-5-6-12(8-11(10)2)18-16(22)17-9-14-19-15(20-21-14)13-4-3-7-23-13/h3-8H,9H2,1-2H3,(H2,17,18,22). The zero-order valence-corrected chi connectivity index (χ0v) is 14.4. The van der Waals surface area contributed by atoms with Crippen molar-refractivity contribution >= 4 is 34.4 Å². The molecule has 0 aliphatic heterocycles. The molecule has 3 aromatic rings. The third-order valence-electron chi connectivity index (χ3n) is 3.37. The molecule has 23 heavy (non-hydrogen) atoms. The number of nitrogens with zero attached hydrogens (tertiary/aromatic N) is 2. The van der Waals surface area contributed by atoms with Crippen LogP contribution in [-0.4, -0.2) is 15.3 Å². The Kier molecular flexibility index (Phi) is 4.68. The van der Waals surface area contributed by atoms with E-state index in [1.54, 1.807) is 11.3 Å². The molecule has 1 aromatic carbocycles. The van der Waals surface area contributed by atoms with Crippen LogP contribution < -0.4 is 10.6 Å². The average molecular weight is 344 g/mol. The third kappa shape index (κ3) is 3.94. The molecule has 0 unspecified atom stereocenters. The smallest absolute Gasteiger partial charge is 0.246 e. The minimum Gasteiger partial charge on any atom is -0.353 e. The predicted molar refractivity (Wildman–Crippen MR) is 96.6 cm³/mol. The molecule has 3 rings (SSSR count). The fraction of sp³-hybridized carbons (Fsp3) is 0.188. The molecule has 5 nitrogen and oxygen atoms in total. The zero-order valence-electron chi connectivity index (χ0n) is 12.8. The number of anilines is 1. The Morgan fingerprint density at radius 1 is 1.26 bits per heavy atom. The first-order valence-electron chi connectivity index (χ1n) is 7.10. The molecule has 0 atom stereocenters. The van der Waals surface area contributed by atoms with Crippen LogP contribution in [0, 0.1) is 13.8 Å². The summed E-state index contributed by atoms with van der Waals surface area (Å²) in [5.74, 6) is 1.10. The van der Waals surface area contributed by atoms with E-state index in [2.05, 4.69) is 46.8 Å². The summed E-state index contributed by atoms with van der Waals surface area (Å²) in [6, 6.07) is 10.0. The van der Waals surface area contributed by atoms with Crippen molar-refractivity contribution in [2.45, 2.75) is 20.4 Å². The van der Waals surface area contributed by atoms with Gasteiger partial charge in [-0.3, -0.25) is 0 Å². The second-order valence-electron chi connectivity index (χ2n) is 5.10. The number of nitrogens with one attached hydrogen (secondary N) is 2. The van der Waals surface area contributed by atoms with Gasteiger partial charge in [-0.15, -0.1) is 11.3 Å². The zero-order chi connectivity index (χ0) is 16.2. The van der Waals surface area contributed by atoms with Gasteiger partial charge < -0.3 is 15.2 Å². The topological polar surface area (TPSA) is 63.0 Å². The minimum atomic E-state index is 0.384. The van der Waals surface area contributed by atoms with Gasteiger partial charge in [-0.05, 0) is 60.8 Å². The van der Waals surface area contributed by atoms with Crippen molar-refractivity contribution < 1.29 is 4.52 Å². The molecule has 0 amide bonds. The molecule has 7 heteroatoms. The van der Waals surface area contributed by atoms with Gasteiger partial charge in [0.05, 0.1) is 11.4 Å². The van der Waals surface area contributed by atoms with E-state index in [1.165, 1.54) is 11.1 Å². The van der Waals surface area contributed by atoms with Gasteiger partial charge in [0.1, 0.15) is 0 Å². The van der Waals surface area contributed by atoms with E-state index < -0.39 is 0 Å². The number of rotatable bonds is 4. The van der Waals surface area contributed by atoms with Crippen LogP contribution in [0.25, 0.3) is 10.7 Å². The van der Waals surface area contributed by atoms with Gasteiger partial charge in [0.15, 0.2) is 5.11 Å². The lowest BCUT2D eigenvalue weighted by Gasteiger charge is -2.10. The van der Waals surface area contributed by atoms with Crippen molar-refractivity contribution in [1.82, 2.24) is 15.5 Å². The molecule has 0 saturated carbocycles. The number of aromatic nitrogens is 2. The monoisotopic (exact) mass is 344 g/mol. The maximum atomic E-state index is 5.29. The Morgan fingerprint density at radius 3 is 2.87 bits per heavy atom. The van der Waals surface area contributed by atoms with Gasteiger partial charge in [-0.2, -0.15) is 4.98 Å². The Morgan fingerprint density at radius 2 is 2.13 bits per heavy atom. The summed E-state index contributed by atoms with van der Waals surface area (Å²) in [6.45, 7) is 4.53. The lowest BCUT2D eigenvalue weighted by Crippen LogP contribution is -2.28. The first-order chi connectivity index (χ1) is 11.1. The van der Waals surface area contributed by atoms with Crippen LogP contribution in [0.5, 0.6) is 0 Å². The highest BCUT2D eigenvalue weighted by Gasteiger charge is 2.09. The summed E-state index contributed by atoms with van der Waals surface area (Å²) >= 11 is 6.86. The van der Waals surface area contributed by atoms with E-state index >= 15 is 0 Å². The average Bonchev–Trinajstić information content (AvgIpc) is 3.19. The highest BCUT2D eigenvalue weighted by Crippen LogP contribution is 2.21. The van der Waals surface area contributed by atoms with Gasteiger partial charge >= 0.3 is 0 Å². The number of thiocarbonyl (C=S) groups is 1. The normalized spacial score (nSPS) is 10.5. The molecule has 0 fully saturated rings. The molecule has 0 bridgehead atoms. The Hall–Kier alpha value is -2.25. The van der Waals surface area contributed by atoms with Crippen LogP contribution >= 0.6 is 23.6 Å². The maximum absolute atomic E-state index is 5.29. The molecule has 0 radical (unpaired) electrons. The number of thiophene rings is 1. The van der Waals surface area contributed by atoms with Gasteiger partial charge in [-0.1, -0.05) is 17.3 Å². The molecular formula is C16H16N4OS2. The minimum absolute atomic E-state index is 0.384. The Labute approximate surface area is 143 Å². The summed E-state index contributed by atoms with van der Waals surface area (Å²) in [5.41, 5.74) is 3.42. The summed E-state index contributed by atoms with van der Waals surface area (Å²) < 4.78 is 5.22. The van der Waals surface area contributed by atoms with Gasteiger partial charge in [0.2, 0.25) is 11.7 Å². The SMILES string of the molecule is Cc1ccc(NC(=S)NCc2nc(-c3cccs3)no2)cc1C. The van der Waals surface area contributed by atoms with E-state index in [0.717, 1.165) is 10.6 Å². The number of hydrogen-bond acceptors (Lipinski definition) is 5. The van der Waals surface area contributed by atoms with Crippen molar-refractivity contribution in [3.63, 3.8) is 0 Å². The molecule has 0 aliphatic rings. The van der Waals surface area contributed by atoms with Crippen molar-refractivity contribution in [1.29, 1.82) is 0 Å². The first-order valence-corrected chi connectivity index (χ1v) is 8.39. The van der Waals surface area contributed by atoms with Crippen LogP contribution in [-0.2, 0) is 6.54 Å². The summed E-state index contributed by atoms with van der Waals surface area (Å²) in [5, 5.41) is 12.7. The Bertz CT molecular complexity index is 811. The van der Waals surface area contributed by atoms with Gasteiger partial charge in [-0.25, -0.2) is 0 Å². The van der Waals surface area contributed by atoms with Crippen molar-refractivity contribution in [3.8, 4) is 10.7 Å². The van der Waals surface area contributed by atoms with Crippen molar-refractivity contribution in [3.05, 3.63) is 52.7 Å². The lowest BCUT2D eigenvalue weighted by molar-refractivity contribution is 0.376. The predicted octanol–water partition coefficient (Wildman–Crippen LogP) is 3.90. The maximum Gasteiger partial charge on any atom is 0.246 e. The van der Waals surface area contributed by atoms with E-state index in [1.807, 2.05) is 23.6 Å². The third-order valence-corrected chi connectivity index (χ3v) is 4.49. The van der Waals surface area contributed by atoms with Gasteiger partial charge in [0.25, 0.3) is 0 Å². The molecule has 2 aromatic heterocycles. The van der Waals surface area contributed by atoms with Crippen LogP contribution in [0.1, 0.15) is 17.0 Å².